The highest BCUT2D eigenvalue weighted by molar-refractivity contribution is 5.81. The number of anilines is 1. The molecule has 1 fully saturated rings. The molecule has 1 aliphatic rings. The summed E-state index contributed by atoms with van der Waals surface area (Å²) in [6, 6.07) is 4.75. The summed E-state index contributed by atoms with van der Waals surface area (Å²) in [6.07, 6.45) is 2.36. The minimum absolute atomic E-state index is 0.0844. The predicted molar refractivity (Wildman–Crippen MR) is 80.6 cm³/mol. The van der Waals surface area contributed by atoms with Crippen molar-refractivity contribution in [2.45, 2.75) is 19.4 Å². The molecule has 0 spiro atoms. The van der Waals surface area contributed by atoms with Crippen LogP contribution in [0.15, 0.2) is 29.5 Å². The maximum absolute atomic E-state index is 14.4. The summed E-state index contributed by atoms with van der Waals surface area (Å²) in [6.45, 7) is 1.14. The van der Waals surface area contributed by atoms with Crippen molar-refractivity contribution in [2.75, 3.05) is 18.0 Å². The minimum Gasteiger partial charge on any atom is -0.368 e. The van der Waals surface area contributed by atoms with Gasteiger partial charge in [-0.1, -0.05) is 10.3 Å². The van der Waals surface area contributed by atoms with E-state index in [2.05, 4.69) is 20.3 Å². The lowest BCUT2D eigenvalue weighted by atomic mass is 10.1. The Kier molecular flexibility index (Phi) is 4.20. The molecule has 8 nitrogen and oxygen atoms in total. The van der Waals surface area contributed by atoms with Crippen molar-refractivity contribution in [3.05, 3.63) is 46.3 Å². The lowest BCUT2D eigenvalue weighted by Gasteiger charge is -2.28. The normalized spacial score (nSPS) is 14.7. The first kappa shape index (κ1) is 15.0. The van der Waals surface area contributed by atoms with Crippen LogP contribution in [0.2, 0.25) is 0 Å². The molecular weight excluding hydrogens is 301 g/mol. The van der Waals surface area contributed by atoms with Gasteiger partial charge < -0.3 is 4.90 Å². The van der Waals surface area contributed by atoms with Gasteiger partial charge in [0, 0.05) is 36.9 Å². The van der Waals surface area contributed by atoms with E-state index in [0.29, 0.717) is 43.0 Å². The number of ketones is 1. The van der Waals surface area contributed by atoms with Gasteiger partial charge >= 0.3 is 0 Å². The van der Waals surface area contributed by atoms with E-state index in [1.807, 2.05) is 4.90 Å². The van der Waals surface area contributed by atoms with E-state index < -0.39 is 0 Å². The van der Waals surface area contributed by atoms with Gasteiger partial charge in [0.15, 0.2) is 0 Å². The summed E-state index contributed by atoms with van der Waals surface area (Å²) in [5.74, 6) is -0.175. The van der Waals surface area contributed by atoms with Crippen molar-refractivity contribution in [3.63, 3.8) is 0 Å². The number of carbonyl (C=O) groups excluding carboxylic acids is 1. The third-order valence-electron chi connectivity index (χ3n) is 3.75. The first-order chi connectivity index (χ1) is 11.2. The molecule has 0 amide bonds. The van der Waals surface area contributed by atoms with Gasteiger partial charge in [-0.3, -0.25) is 4.79 Å². The van der Waals surface area contributed by atoms with Crippen molar-refractivity contribution in [3.8, 4) is 5.69 Å². The minimum atomic E-state index is -0.387. The van der Waals surface area contributed by atoms with Crippen LogP contribution in [0, 0.1) is 5.82 Å². The summed E-state index contributed by atoms with van der Waals surface area (Å²) in [5, 5.41) is 11.1. The number of piperidine rings is 1. The highest BCUT2D eigenvalue weighted by Crippen LogP contribution is 2.25. The molecule has 0 radical (unpaired) electrons. The van der Waals surface area contributed by atoms with Gasteiger partial charge in [-0.25, -0.2) is 9.07 Å². The van der Waals surface area contributed by atoms with E-state index in [-0.39, 0.29) is 18.1 Å². The molecular formula is C14H14FN7O. The van der Waals surface area contributed by atoms with Crippen LogP contribution in [0.4, 0.5) is 10.1 Å². The number of halogens is 1. The zero-order valence-electron chi connectivity index (χ0n) is 12.3. The van der Waals surface area contributed by atoms with Gasteiger partial charge in [0.25, 0.3) is 0 Å². The van der Waals surface area contributed by atoms with Crippen molar-refractivity contribution >= 4 is 11.5 Å². The summed E-state index contributed by atoms with van der Waals surface area (Å²) < 4.78 is 15.9. The van der Waals surface area contributed by atoms with E-state index in [1.165, 1.54) is 16.9 Å². The molecule has 2 aromatic rings. The zero-order valence-corrected chi connectivity index (χ0v) is 12.3. The lowest BCUT2D eigenvalue weighted by molar-refractivity contribution is -0.119. The average molecular weight is 315 g/mol. The highest BCUT2D eigenvalue weighted by Gasteiger charge is 2.19. The first-order valence-corrected chi connectivity index (χ1v) is 7.16. The van der Waals surface area contributed by atoms with Gasteiger partial charge in [-0.05, 0) is 17.7 Å². The van der Waals surface area contributed by atoms with Crippen LogP contribution in [0.5, 0.6) is 0 Å². The van der Waals surface area contributed by atoms with E-state index in [1.54, 1.807) is 12.1 Å². The molecule has 0 saturated carbocycles. The Morgan fingerprint density at radius 2 is 2.13 bits per heavy atom. The largest absolute Gasteiger partial charge is 0.368 e. The number of rotatable bonds is 4. The van der Waals surface area contributed by atoms with Crippen molar-refractivity contribution in [1.82, 2.24) is 15.0 Å². The smallest absolute Gasteiger partial charge is 0.148 e. The quantitative estimate of drug-likeness (QED) is 0.491. The number of benzene rings is 1. The Morgan fingerprint density at radius 3 is 2.83 bits per heavy atom. The number of Topliss-reactive ketones (excluding diaryl/α,β-unsaturated/α-hetero) is 1. The molecule has 3 rings (SSSR count). The summed E-state index contributed by atoms with van der Waals surface area (Å²) >= 11 is 0. The third-order valence-corrected chi connectivity index (χ3v) is 3.75. The molecule has 0 unspecified atom stereocenters. The molecule has 1 aromatic heterocycles. The van der Waals surface area contributed by atoms with E-state index >= 15 is 0 Å². The van der Waals surface area contributed by atoms with E-state index in [9.17, 15) is 9.18 Å². The van der Waals surface area contributed by atoms with Crippen LogP contribution in [-0.4, -0.2) is 33.9 Å². The first-order valence-electron chi connectivity index (χ1n) is 7.16. The Hall–Kier alpha value is -2.93. The highest BCUT2D eigenvalue weighted by atomic mass is 19.1. The molecule has 23 heavy (non-hydrogen) atoms. The van der Waals surface area contributed by atoms with Crippen molar-refractivity contribution in [1.29, 1.82) is 0 Å². The number of nitrogens with zero attached hydrogens (tertiary/aromatic N) is 7. The number of azide groups is 1. The average Bonchev–Trinajstić information content (AvgIpc) is 3.02. The monoisotopic (exact) mass is 315 g/mol. The number of carbonyl (C=O) groups is 1. The Morgan fingerprint density at radius 1 is 1.35 bits per heavy atom. The summed E-state index contributed by atoms with van der Waals surface area (Å²) in [7, 11) is 0. The van der Waals surface area contributed by atoms with E-state index in [4.69, 9.17) is 5.53 Å². The molecule has 0 N–H and O–H groups in total. The number of hydrogen-bond donors (Lipinski definition) is 0. The fourth-order valence-corrected chi connectivity index (χ4v) is 2.57. The second kappa shape index (κ2) is 6.45. The fraction of sp³-hybridized carbons (Fsp3) is 0.357. The lowest BCUT2D eigenvalue weighted by Crippen LogP contribution is -2.34. The van der Waals surface area contributed by atoms with Crippen LogP contribution < -0.4 is 4.90 Å². The molecule has 9 heteroatoms. The van der Waals surface area contributed by atoms with Gasteiger partial charge in [-0.2, -0.15) is 0 Å². The van der Waals surface area contributed by atoms with E-state index in [0.717, 1.165) is 0 Å². The number of hydrogen-bond acceptors (Lipinski definition) is 5. The third kappa shape index (κ3) is 3.14. The van der Waals surface area contributed by atoms with Gasteiger partial charge in [0.1, 0.15) is 11.6 Å². The van der Waals surface area contributed by atoms with Crippen molar-refractivity contribution < 1.29 is 9.18 Å². The van der Waals surface area contributed by atoms with Crippen LogP contribution in [0.1, 0.15) is 18.5 Å². The topological polar surface area (TPSA) is 99.8 Å². The second-order valence-corrected chi connectivity index (χ2v) is 5.19. The summed E-state index contributed by atoms with van der Waals surface area (Å²) in [5.41, 5.74) is 9.93. The maximum atomic E-state index is 14.4. The SMILES string of the molecule is [N-]=[N+]=NCc1cnnn1-c1ccc(N2CCC(=O)CC2)c(F)c1. The molecule has 1 saturated heterocycles. The zero-order chi connectivity index (χ0) is 16.2. The molecule has 1 aromatic carbocycles. The van der Waals surface area contributed by atoms with Gasteiger partial charge in [-0.15, -0.1) is 5.10 Å². The van der Waals surface area contributed by atoms with Gasteiger partial charge in [0.2, 0.25) is 0 Å². The molecule has 0 bridgehead atoms. The molecule has 0 atom stereocenters. The summed E-state index contributed by atoms with van der Waals surface area (Å²) in [4.78, 5) is 15.8. The van der Waals surface area contributed by atoms with Crippen LogP contribution >= 0.6 is 0 Å². The standard InChI is InChI=1S/C14H14FN7O/c15-13-7-10(22-11(8-17-19-16)9-18-20-22)1-2-14(13)21-5-3-12(23)4-6-21/h1-2,7,9H,3-6,8H2. The Balaban J connectivity index is 1.86. The second-order valence-electron chi connectivity index (χ2n) is 5.19. The van der Waals surface area contributed by atoms with Crippen LogP contribution in [0.3, 0.4) is 0 Å². The fourth-order valence-electron chi connectivity index (χ4n) is 2.57. The molecule has 1 aliphatic heterocycles. The predicted octanol–water partition coefficient (Wildman–Crippen LogP) is 2.39. The Bertz CT molecular complexity index is 771. The molecule has 2 heterocycles. The molecule has 118 valence electrons. The van der Waals surface area contributed by atoms with Crippen molar-refractivity contribution in [2.24, 2.45) is 5.11 Å². The Labute approximate surface area is 131 Å². The van der Waals surface area contributed by atoms with Gasteiger partial charge in [0.05, 0.1) is 29.8 Å². The maximum Gasteiger partial charge on any atom is 0.148 e. The van der Waals surface area contributed by atoms with Crippen LogP contribution in [-0.2, 0) is 11.3 Å². The number of aromatic nitrogens is 3. The molecule has 0 aliphatic carbocycles. The van der Waals surface area contributed by atoms with Crippen LogP contribution in [0.25, 0.3) is 16.1 Å².